The zero-order chi connectivity index (χ0) is 15.4. The summed E-state index contributed by atoms with van der Waals surface area (Å²) >= 11 is 0. The number of nitrogens with zero attached hydrogens (tertiary/aromatic N) is 2. The van der Waals surface area contributed by atoms with Gasteiger partial charge in [-0.05, 0) is 24.3 Å². The number of likely N-dealkylation sites (tertiary alicyclic amines) is 1. The molecule has 0 N–H and O–H groups in total. The molecule has 0 radical (unpaired) electrons. The Morgan fingerprint density at radius 1 is 1.27 bits per heavy atom. The molecule has 22 heavy (non-hydrogen) atoms. The number of carbonyl (C=O) groups excluding carboxylic acids is 1. The third-order valence-electron chi connectivity index (χ3n) is 3.33. The second kappa shape index (κ2) is 6.43. The summed E-state index contributed by atoms with van der Waals surface area (Å²) in [6, 6.07) is 9.62. The van der Waals surface area contributed by atoms with Crippen LogP contribution in [-0.4, -0.2) is 41.6 Å². The van der Waals surface area contributed by atoms with E-state index in [1.807, 2.05) is 6.07 Å². The number of ether oxygens (including phenoxy) is 2. The van der Waals surface area contributed by atoms with Crippen molar-refractivity contribution in [3.63, 3.8) is 0 Å². The first-order valence-electron chi connectivity index (χ1n) is 6.94. The highest BCUT2D eigenvalue weighted by Gasteiger charge is 2.32. The third-order valence-corrected chi connectivity index (χ3v) is 3.33. The molecule has 2 aromatic rings. The second-order valence-electron chi connectivity index (χ2n) is 4.95. The van der Waals surface area contributed by atoms with Crippen molar-refractivity contribution in [2.75, 3.05) is 19.7 Å². The first kappa shape index (κ1) is 14.3. The zero-order valence-electron chi connectivity index (χ0n) is 11.8. The second-order valence-corrected chi connectivity index (χ2v) is 4.95. The van der Waals surface area contributed by atoms with Crippen LogP contribution in [0.5, 0.6) is 11.5 Å². The van der Waals surface area contributed by atoms with Gasteiger partial charge in [0.2, 0.25) is 0 Å². The molecule has 0 spiro atoms. The number of rotatable bonds is 5. The quantitative estimate of drug-likeness (QED) is 0.846. The fraction of sp³-hybridized carbons (Fsp3) is 0.250. The van der Waals surface area contributed by atoms with Gasteiger partial charge >= 0.3 is 0 Å². The van der Waals surface area contributed by atoms with Crippen LogP contribution in [0.2, 0.25) is 0 Å². The summed E-state index contributed by atoms with van der Waals surface area (Å²) in [4.78, 5) is 17.5. The molecule has 0 unspecified atom stereocenters. The molecule has 0 bridgehead atoms. The minimum atomic E-state index is -0.475. The molecule has 114 valence electrons. The molecular formula is C16H15FN2O3. The minimum Gasteiger partial charge on any atom is -0.485 e. The summed E-state index contributed by atoms with van der Waals surface area (Å²) in [5.74, 6) is 0.104. The van der Waals surface area contributed by atoms with Crippen molar-refractivity contribution in [2.45, 2.75) is 6.10 Å². The molecule has 1 amide bonds. The average molecular weight is 302 g/mol. The lowest BCUT2D eigenvalue weighted by Crippen LogP contribution is -2.57. The van der Waals surface area contributed by atoms with Gasteiger partial charge in [-0.3, -0.25) is 9.78 Å². The maximum Gasteiger partial charge on any atom is 0.260 e. The summed E-state index contributed by atoms with van der Waals surface area (Å²) in [6.45, 7) is 0.809. The molecule has 0 saturated carbocycles. The van der Waals surface area contributed by atoms with Crippen LogP contribution in [0.25, 0.3) is 0 Å². The Kier molecular flexibility index (Phi) is 4.18. The van der Waals surface area contributed by atoms with Gasteiger partial charge in [0.25, 0.3) is 5.91 Å². The van der Waals surface area contributed by atoms with Crippen LogP contribution in [0.3, 0.4) is 0 Å². The predicted molar refractivity (Wildman–Crippen MR) is 77.1 cm³/mol. The van der Waals surface area contributed by atoms with Crippen molar-refractivity contribution >= 4 is 5.91 Å². The number of halogens is 1. The highest BCUT2D eigenvalue weighted by Crippen LogP contribution is 2.18. The molecule has 5 nitrogen and oxygen atoms in total. The van der Waals surface area contributed by atoms with E-state index in [2.05, 4.69) is 4.98 Å². The van der Waals surface area contributed by atoms with Crippen LogP contribution < -0.4 is 9.47 Å². The van der Waals surface area contributed by atoms with Gasteiger partial charge in [-0.15, -0.1) is 0 Å². The van der Waals surface area contributed by atoms with Crippen molar-refractivity contribution in [1.82, 2.24) is 9.88 Å². The van der Waals surface area contributed by atoms with Gasteiger partial charge in [-0.1, -0.05) is 12.1 Å². The largest absolute Gasteiger partial charge is 0.485 e. The molecule has 1 aromatic carbocycles. The number of benzene rings is 1. The van der Waals surface area contributed by atoms with Gasteiger partial charge in [0, 0.05) is 6.20 Å². The van der Waals surface area contributed by atoms with Crippen LogP contribution in [0.15, 0.2) is 48.8 Å². The van der Waals surface area contributed by atoms with Crippen molar-refractivity contribution in [1.29, 1.82) is 0 Å². The smallest absolute Gasteiger partial charge is 0.260 e. The fourth-order valence-electron chi connectivity index (χ4n) is 2.12. The maximum atomic E-state index is 13.4. The maximum absolute atomic E-state index is 13.4. The van der Waals surface area contributed by atoms with Crippen LogP contribution in [0, 0.1) is 5.82 Å². The average Bonchev–Trinajstić information content (AvgIpc) is 2.50. The van der Waals surface area contributed by atoms with E-state index in [1.165, 1.54) is 12.1 Å². The van der Waals surface area contributed by atoms with Crippen LogP contribution in [0.4, 0.5) is 4.39 Å². The number of para-hydroxylation sites is 1. The fourth-order valence-corrected chi connectivity index (χ4v) is 2.12. The van der Waals surface area contributed by atoms with E-state index >= 15 is 0 Å². The van der Waals surface area contributed by atoms with Crippen molar-refractivity contribution < 1.29 is 18.7 Å². The Morgan fingerprint density at radius 2 is 2.09 bits per heavy atom. The van der Waals surface area contributed by atoms with E-state index in [9.17, 15) is 9.18 Å². The Hall–Kier alpha value is -2.63. The molecule has 0 atom stereocenters. The number of aromatic nitrogens is 1. The van der Waals surface area contributed by atoms with Crippen LogP contribution in [-0.2, 0) is 4.79 Å². The molecule has 1 aliphatic rings. The van der Waals surface area contributed by atoms with Crippen LogP contribution in [0.1, 0.15) is 0 Å². The van der Waals surface area contributed by atoms with E-state index in [0.29, 0.717) is 18.8 Å². The topological polar surface area (TPSA) is 51.7 Å². The van der Waals surface area contributed by atoms with Crippen molar-refractivity contribution in [2.24, 2.45) is 0 Å². The summed E-state index contributed by atoms with van der Waals surface area (Å²) in [5, 5.41) is 0. The number of hydrogen-bond acceptors (Lipinski definition) is 4. The summed E-state index contributed by atoms with van der Waals surface area (Å²) in [7, 11) is 0. The monoisotopic (exact) mass is 302 g/mol. The first-order valence-corrected chi connectivity index (χ1v) is 6.94. The molecule has 1 fully saturated rings. The standard InChI is InChI=1S/C16H15FN2O3/c17-14-5-1-2-6-15(14)21-11-16(20)19-9-13(10-19)22-12-4-3-7-18-8-12/h1-8,13H,9-11H2. The molecule has 2 heterocycles. The SMILES string of the molecule is O=C(COc1ccccc1F)N1CC(Oc2cccnc2)C1. The van der Waals surface area contributed by atoms with E-state index in [1.54, 1.807) is 35.5 Å². The van der Waals surface area contributed by atoms with Gasteiger partial charge < -0.3 is 14.4 Å². The van der Waals surface area contributed by atoms with Gasteiger partial charge in [-0.2, -0.15) is 0 Å². The minimum absolute atomic E-state index is 0.0402. The first-order chi connectivity index (χ1) is 10.7. The lowest BCUT2D eigenvalue weighted by Gasteiger charge is -2.38. The highest BCUT2D eigenvalue weighted by molar-refractivity contribution is 5.78. The molecule has 3 rings (SSSR count). The molecular weight excluding hydrogens is 287 g/mol. The van der Waals surface area contributed by atoms with Gasteiger partial charge in [0.05, 0.1) is 19.3 Å². The van der Waals surface area contributed by atoms with Crippen LogP contribution >= 0.6 is 0 Å². The van der Waals surface area contributed by atoms with E-state index in [4.69, 9.17) is 9.47 Å². The third kappa shape index (κ3) is 3.33. The van der Waals surface area contributed by atoms with Crippen molar-refractivity contribution in [3.05, 3.63) is 54.6 Å². The van der Waals surface area contributed by atoms with Gasteiger partial charge in [0.15, 0.2) is 18.2 Å². The summed E-state index contributed by atoms with van der Waals surface area (Å²) in [5.41, 5.74) is 0. The number of carbonyl (C=O) groups is 1. The predicted octanol–water partition coefficient (Wildman–Crippen LogP) is 1.89. The Bertz CT molecular complexity index is 645. The molecule has 1 saturated heterocycles. The lowest BCUT2D eigenvalue weighted by molar-refractivity contribution is -0.142. The molecule has 1 aromatic heterocycles. The normalized spacial score (nSPS) is 14.3. The molecule has 6 heteroatoms. The summed E-state index contributed by atoms with van der Waals surface area (Å²) in [6.07, 6.45) is 3.26. The summed E-state index contributed by atoms with van der Waals surface area (Å²) < 4.78 is 24.2. The Balaban J connectivity index is 1.43. The number of amides is 1. The highest BCUT2D eigenvalue weighted by atomic mass is 19.1. The van der Waals surface area contributed by atoms with E-state index in [-0.39, 0.29) is 24.4 Å². The number of hydrogen-bond donors (Lipinski definition) is 0. The number of pyridine rings is 1. The van der Waals surface area contributed by atoms with Gasteiger partial charge in [0.1, 0.15) is 11.9 Å². The zero-order valence-corrected chi connectivity index (χ0v) is 11.8. The van der Waals surface area contributed by atoms with Crippen molar-refractivity contribution in [3.8, 4) is 11.5 Å². The van der Waals surface area contributed by atoms with Gasteiger partial charge in [-0.25, -0.2) is 4.39 Å². The van der Waals surface area contributed by atoms with E-state index < -0.39 is 5.82 Å². The molecule has 0 aliphatic carbocycles. The Labute approximate surface area is 127 Å². The van der Waals surface area contributed by atoms with E-state index in [0.717, 1.165) is 0 Å². The Morgan fingerprint density at radius 3 is 2.82 bits per heavy atom. The lowest BCUT2D eigenvalue weighted by atomic mass is 10.1. The molecule has 1 aliphatic heterocycles.